The van der Waals surface area contributed by atoms with Crippen molar-refractivity contribution >= 4 is 11.7 Å². The molecule has 0 unspecified atom stereocenters. The molecule has 29 heavy (non-hydrogen) atoms. The molecular formula is C21H25N2O6+. The molecule has 1 atom stereocenters. The fourth-order valence-electron chi connectivity index (χ4n) is 3.45. The van der Waals surface area contributed by atoms with E-state index in [1.807, 2.05) is 14.1 Å². The highest BCUT2D eigenvalue weighted by Crippen LogP contribution is 2.45. The number of methoxy groups -OCH3 is 2. The molecule has 0 bridgehead atoms. The van der Waals surface area contributed by atoms with Crippen molar-refractivity contribution in [1.82, 2.24) is 4.90 Å². The number of para-hydroxylation sites is 1. The van der Waals surface area contributed by atoms with Crippen molar-refractivity contribution < 1.29 is 33.5 Å². The molecule has 1 aromatic carbocycles. The van der Waals surface area contributed by atoms with Crippen molar-refractivity contribution in [2.75, 3.05) is 41.4 Å². The first kappa shape index (κ1) is 20.5. The normalized spacial score (nSPS) is 16.7. The van der Waals surface area contributed by atoms with E-state index in [2.05, 4.69) is 0 Å². The summed E-state index contributed by atoms with van der Waals surface area (Å²) in [6.07, 6.45) is 1.37. The van der Waals surface area contributed by atoms with Crippen LogP contribution in [0.1, 0.15) is 22.2 Å². The molecule has 0 fully saturated rings. The number of ether oxygens (including phenoxy) is 2. The highest BCUT2D eigenvalue weighted by Gasteiger charge is 2.45. The van der Waals surface area contributed by atoms with E-state index < -0.39 is 23.5 Å². The first-order valence-electron chi connectivity index (χ1n) is 9.22. The van der Waals surface area contributed by atoms with E-state index in [1.165, 1.54) is 31.4 Å². The molecule has 0 saturated carbocycles. The van der Waals surface area contributed by atoms with Gasteiger partial charge in [0.15, 0.2) is 23.0 Å². The number of carbonyl (C=O) groups is 2. The molecule has 1 aromatic heterocycles. The van der Waals surface area contributed by atoms with Gasteiger partial charge in [0.2, 0.25) is 5.78 Å². The monoisotopic (exact) mass is 401 g/mol. The number of rotatable bonds is 8. The van der Waals surface area contributed by atoms with Gasteiger partial charge in [0.05, 0.1) is 59.3 Å². The van der Waals surface area contributed by atoms with Gasteiger partial charge in [-0.15, -0.1) is 0 Å². The summed E-state index contributed by atoms with van der Waals surface area (Å²) < 4.78 is 16.1. The summed E-state index contributed by atoms with van der Waals surface area (Å²) in [7, 11) is 6.93. The lowest BCUT2D eigenvalue weighted by Gasteiger charge is -2.28. The van der Waals surface area contributed by atoms with Crippen LogP contribution < -0.4 is 14.4 Å². The fraction of sp³-hybridized carbons (Fsp3) is 0.333. The van der Waals surface area contributed by atoms with Gasteiger partial charge in [0, 0.05) is 5.56 Å². The van der Waals surface area contributed by atoms with Crippen LogP contribution in [0.4, 0.5) is 0 Å². The minimum atomic E-state index is -0.829. The second-order valence-electron chi connectivity index (χ2n) is 7.01. The van der Waals surface area contributed by atoms with Crippen LogP contribution in [0, 0.1) is 0 Å². The molecule has 8 heteroatoms. The minimum absolute atomic E-state index is 0.0368. The molecule has 1 aliphatic heterocycles. The van der Waals surface area contributed by atoms with Gasteiger partial charge in [0.25, 0.3) is 5.91 Å². The lowest BCUT2D eigenvalue weighted by molar-refractivity contribution is -0.857. The van der Waals surface area contributed by atoms with Crippen LogP contribution in [0.2, 0.25) is 0 Å². The number of hydrogen-bond acceptors (Lipinski definition) is 6. The molecule has 0 spiro atoms. The third-order valence-corrected chi connectivity index (χ3v) is 4.87. The maximum atomic E-state index is 13.1. The van der Waals surface area contributed by atoms with Crippen molar-refractivity contribution in [3.05, 3.63) is 59.3 Å². The average molecular weight is 401 g/mol. The Morgan fingerprint density at radius 2 is 1.97 bits per heavy atom. The zero-order valence-corrected chi connectivity index (χ0v) is 16.9. The fourth-order valence-corrected chi connectivity index (χ4v) is 3.45. The van der Waals surface area contributed by atoms with E-state index in [9.17, 15) is 14.7 Å². The third kappa shape index (κ3) is 3.71. The number of hydrogen-bond donors (Lipinski definition) is 2. The third-order valence-electron chi connectivity index (χ3n) is 4.87. The molecule has 2 heterocycles. The molecule has 1 aliphatic rings. The summed E-state index contributed by atoms with van der Waals surface area (Å²) in [6, 6.07) is 7.48. The van der Waals surface area contributed by atoms with Gasteiger partial charge < -0.3 is 28.8 Å². The van der Waals surface area contributed by atoms with Gasteiger partial charge in [-0.3, -0.25) is 9.59 Å². The van der Waals surface area contributed by atoms with Crippen LogP contribution in [0.15, 0.2) is 52.3 Å². The van der Waals surface area contributed by atoms with Crippen LogP contribution in [0.25, 0.3) is 0 Å². The zero-order valence-electron chi connectivity index (χ0n) is 16.9. The summed E-state index contributed by atoms with van der Waals surface area (Å²) in [5.41, 5.74) is 0.512. The maximum absolute atomic E-state index is 13.1. The van der Waals surface area contributed by atoms with Gasteiger partial charge in [-0.25, -0.2) is 0 Å². The van der Waals surface area contributed by atoms with Gasteiger partial charge in [0.1, 0.15) is 0 Å². The maximum Gasteiger partial charge on any atom is 0.290 e. The minimum Gasteiger partial charge on any atom is -0.503 e. The molecule has 3 rings (SSSR count). The molecule has 1 amide bonds. The molecule has 0 radical (unpaired) electrons. The number of ketones is 1. The van der Waals surface area contributed by atoms with Gasteiger partial charge >= 0.3 is 0 Å². The van der Waals surface area contributed by atoms with Crippen molar-refractivity contribution in [3.8, 4) is 11.5 Å². The molecule has 154 valence electrons. The van der Waals surface area contributed by atoms with E-state index >= 15 is 0 Å². The highest BCUT2D eigenvalue weighted by atomic mass is 16.5. The smallest absolute Gasteiger partial charge is 0.290 e. The lowest BCUT2D eigenvalue weighted by Crippen LogP contribution is -3.06. The number of likely N-dealkylation sites (N-methyl/N-ethyl adjacent to an activating group) is 1. The molecule has 0 aliphatic carbocycles. The van der Waals surface area contributed by atoms with E-state index in [0.29, 0.717) is 30.2 Å². The first-order valence-corrected chi connectivity index (χ1v) is 9.22. The number of nitrogens with zero attached hydrogens (tertiary/aromatic N) is 1. The Kier molecular flexibility index (Phi) is 5.93. The average Bonchev–Trinajstić information content (AvgIpc) is 3.33. The summed E-state index contributed by atoms with van der Waals surface area (Å²) in [5, 5.41) is 10.6. The summed E-state index contributed by atoms with van der Waals surface area (Å²) in [6.45, 7) is 0.967. The Balaban J connectivity index is 2.16. The van der Waals surface area contributed by atoms with Crippen LogP contribution in [0.5, 0.6) is 11.5 Å². The standard InChI is InChI=1S/C21H24N2O6/c1-22(2)10-11-23-17(13-7-5-8-15(27-3)20(13)28-4)16(19(25)21(23)26)18(24)14-9-6-12-29-14/h5-9,12,17,25H,10-11H2,1-4H3/p+1/t17-/m1/s1. The Bertz CT molecular complexity index is 933. The zero-order chi connectivity index (χ0) is 21.1. The van der Waals surface area contributed by atoms with Crippen molar-refractivity contribution in [1.29, 1.82) is 0 Å². The number of aliphatic hydroxyl groups is 1. The second-order valence-corrected chi connectivity index (χ2v) is 7.01. The van der Waals surface area contributed by atoms with E-state index in [4.69, 9.17) is 13.9 Å². The molecule has 2 N–H and O–H groups in total. The number of benzene rings is 1. The number of furan rings is 1. The van der Waals surface area contributed by atoms with Crippen LogP contribution in [-0.4, -0.2) is 63.1 Å². The quantitative estimate of drug-likeness (QED) is 0.642. The van der Waals surface area contributed by atoms with Gasteiger partial charge in [-0.2, -0.15) is 0 Å². The number of quaternary nitrogens is 1. The Hall–Kier alpha value is -3.26. The SMILES string of the molecule is COc1cccc([C@@H]2C(C(=O)c3ccco3)=C(O)C(=O)N2CC[NH+](C)C)c1OC. The van der Waals surface area contributed by atoms with Crippen molar-refractivity contribution in [3.63, 3.8) is 0 Å². The predicted molar refractivity (Wildman–Crippen MR) is 104 cm³/mol. The molecular weight excluding hydrogens is 376 g/mol. The number of carbonyl (C=O) groups excluding carboxylic acids is 2. The first-order chi connectivity index (χ1) is 13.9. The number of Topliss-reactive ketones (excluding diaryl/α,β-unsaturated/α-hetero) is 1. The summed E-state index contributed by atoms with van der Waals surface area (Å²) in [4.78, 5) is 28.6. The Morgan fingerprint density at radius 1 is 1.21 bits per heavy atom. The number of nitrogens with one attached hydrogen (secondary N) is 1. The molecule has 8 nitrogen and oxygen atoms in total. The van der Waals surface area contributed by atoms with Crippen LogP contribution in [0.3, 0.4) is 0 Å². The Morgan fingerprint density at radius 3 is 2.55 bits per heavy atom. The predicted octanol–water partition coefficient (Wildman–Crippen LogP) is 1.02. The molecule has 0 saturated heterocycles. The van der Waals surface area contributed by atoms with Gasteiger partial charge in [-0.1, -0.05) is 12.1 Å². The highest BCUT2D eigenvalue weighted by molar-refractivity contribution is 6.15. The van der Waals surface area contributed by atoms with Crippen LogP contribution >= 0.6 is 0 Å². The lowest BCUT2D eigenvalue weighted by atomic mass is 9.94. The second kappa shape index (κ2) is 8.40. The van der Waals surface area contributed by atoms with Crippen molar-refractivity contribution in [2.45, 2.75) is 6.04 Å². The molecule has 2 aromatic rings. The van der Waals surface area contributed by atoms with Crippen LogP contribution in [-0.2, 0) is 4.79 Å². The van der Waals surface area contributed by atoms with Crippen molar-refractivity contribution in [2.24, 2.45) is 0 Å². The van der Waals surface area contributed by atoms with E-state index in [-0.39, 0.29) is 11.3 Å². The number of aliphatic hydroxyl groups excluding tert-OH is 1. The summed E-state index contributed by atoms with van der Waals surface area (Å²) in [5.74, 6) is -0.811. The largest absolute Gasteiger partial charge is 0.503 e. The number of amides is 1. The van der Waals surface area contributed by atoms with Gasteiger partial charge in [-0.05, 0) is 18.2 Å². The Labute approximate surface area is 168 Å². The van der Waals surface area contributed by atoms with E-state index in [0.717, 1.165) is 4.90 Å². The topological polar surface area (TPSA) is 93.7 Å². The van der Waals surface area contributed by atoms with E-state index in [1.54, 1.807) is 24.3 Å². The summed E-state index contributed by atoms with van der Waals surface area (Å²) >= 11 is 0.